The molecule has 0 aromatic carbocycles. The molecule has 4 nitrogen and oxygen atoms in total. The fourth-order valence-electron chi connectivity index (χ4n) is 2.27. The number of anilines is 2. The van der Waals surface area contributed by atoms with Gasteiger partial charge >= 0.3 is 0 Å². The van der Waals surface area contributed by atoms with Crippen molar-refractivity contribution in [3.8, 4) is 0 Å². The molecule has 0 atom stereocenters. The number of unbranched alkanes of at least 4 members (excludes halogenated alkanes) is 5. The van der Waals surface area contributed by atoms with Gasteiger partial charge in [-0.15, -0.1) is 0 Å². The fraction of sp³-hybridized carbons (Fsp3) is 0.800. The number of aryl methyl sites for hydroxylation is 2. The van der Waals surface area contributed by atoms with Crippen LogP contribution in [0.5, 0.6) is 0 Å². The van der Waals surface area contributed by atoms with Crippen molar-refractivity contribution < 1.29 is 0 Å². The van der Waals surface area contributed by atoms with Crippen LogP contribution in [0.15, 0.2) is 0 Å². The van der Waals surface area contributed by atoms with E-state index in [2.05, 4.69) is 24.3 Å². The summed E-state index contributed by atoms with van der Waals surface area (Å²) >= 11 is 0. The lowest BCUT2D eigenvalue weighted by Crippen LogP contribution is -2.10. The fourth-order valence-corrected chi connectivity index (χ4v) is 2.27. The van der Waals surface area contributed by atoms with Crippen molar-refractivity contribution in [2.75, 3.05) is 17.6 Å². The van der Waals surface area contributed by atoms with Gasteiger partial charge in [-0.3, -0.25) is 0 Å². The molecule has 0 saturated carbocycles. The lowest BCUT2D eigenvalue weighted by Gasteiger charge is -2.10. The molecule has 0 saturated heterocycles. The normalized spacial score (nSPS) is 10.9. The van der Waals surface area contributed by atoms with Crippen LogP contribution in [0.25, 0.3) is 0 Å². The van der Waals surface area contributed by atoms with Gasteiger partial charge in [0.1, 0.15) is 5.82 Å². The average molecular weight is 266 g/mol. The minimum Gasteiger partial charge on any atom is -0.394 e. The van der Waals surface area contributed by atoms with Crippen LogP contribution in [0, 0.1) is 6.92 Å². The molecule has 1 rings (SSSR count). The molecular formula is C15H30N4. The monoisotopic (exact) mass is 266 g/mol. The van der Waals surface area contributed by atoms with Crippen molar-refractivity contribution in [2.45, 2.75) is 72.3 Å². The molecule has 3 N–H and O–H groups in total. The minimum absolute atomic E-state index is 0.805. The topological polar surface area (TPSA) is 55.9 Å². The first-order valence-corrected chi connectivity index (χ1v) is 7.77. The Morgan fingerprint density at radius 3 is 2.42 bits per heavy atom. The van der Waals surface area contributed by atoms with Gasteiger partial charge in [-0.2, -0.15) is 5.10 Å². The number of hydrogen-bond acceptors (Lipinski definition) is 3. The Bertz CT molecular complexity index is 357. The van der Waals surface area contributed by atoms with Crippen molar-refractivity contribution in [1.29, 1.82) is 0 Å². The van der Waals surface area contributed by atoms with Gasteiger partial charge in [0.15, 0.2) is 0 Å². The molecule has 110 valence electrons. The maximum absolute atomic E-state index is 6.07. The maximum atomic E-state index is 6.07. The first-order valence-electron chi connectivity index (χ1n) is 7.77. The molecule has 0 aliphatic carbocycles. The SMILES string of the molecule is CCCCCCCCNc1c(N)c(C)nn1CCC. The highest BCUT2D eigenvalue weighted by Crippen LogP contribution is 2.22. The molecule has 0 bridgehead atoms. The van der Waals surface area contributed by atoms with Gasteiger partial charge in [-0.05, 0) is 19.8 Å². The van der Waals surface area contributed by atoms with Crippen molar-refractivity contribution in [1.82, 2.24) is 9.78 Å². The van der Waals surface area contributed by atoms with E-state index in [-0.39, 0.29) is 0 Å². The van der Waals surface area contributed by atoms with Crippen LogP contribution >= 0.6 is 0 Å². The van der Waals surface area contributed by atoms with Crippen molar-refractivity contribution in [3.05, 3.63) is 5.69 Å². The summed E-state index contributed by atoms with van der Waals surface area (Å²) in [6.45, 7) is 8.30. The highest BCUT2D eigenvalue weighted by atomic mass is 15.3. The second kappa shape index (κ2) is 8.83. The molecule has 4 heteroatoms. The Balaban J connectivity index is 2.32. The number of nitrogen functional groups attached to an aromatic ring is 1. The standard InChI is InChI=1S/C15H30N4/c1-4-6-7-8-9-10-11-17-15-14(16)13(3)18-19(15)12-5-2/h17H,4-12,16H2,1-3H3. The van der Waals surface area contributed by atoms with E-state index in [0.717, 1.165) is 36.7 Å². The van der Waals surface area contributed by atoms with E-state index in [0.29, 0.717) is 0 Å². The Morgan fingerprint density at radius 2 is 1.74 bits per heavy atom. The summed E-state index contributed by atoms with van der Waals surface area (Å²) in [5.41, 5.74) is 7.80. The second-order valence-electron chi connectivity index (χ2n) is 5.27. The van der Waals surface area contributed by atoms with Gasteiger partial charge in [-0.25, -0.2) is 4.68 Å². The Labute approximate surface area is 117 Å². The third kappa shape index (κ3) is 5.13. The zero-order valence-corrected chi connectivity index (χ0v) is 12.8. The van der Waals surface area contributed by atoms with Crippen LogP contribution in [0.4, 0.5) is 11.5 Å². The molecule has 0 radical (unpaired) electrons. The molecule has 0 fully saturated rings. The van der Waals surface area contributed by atoms with E-state index >= 15 is 0 Å². The van der Waals surface area contributed by atoms with Crippen LogP contribution in [0.2, 0.25) is 0 Å². The van der Waals surface area contributed by atoms with Crippen molar-refractivity contribution in [2.24, 2.45) is 0 Å². The van der Waals surface area contributed by atoms with E-state index in [1.165, 1.54) is 38.5 Å². The summed E-state index contributed by atoms with van der Waals surface area (Å²) in [6, 6.07) is 0. The molecule has 0 spiro atoms. The molecule has 19 heavy (non-hydrogen) atoms. The van der Waals surface area contributed by atoms with Gasteiger partial charge in [0.25, 0.3) is 0 Å². The highest BCUT2D eigenvalue weighted by Gasteiger charge is 2.10. The smallest absolute Gasteiger partial charge is 0.148 e. The summed E-state index contributed by atoms with van der Waals surface area (Å²) in [5, 5.41) is 7.92. The summed E-state index contributed by atoms with van der Waals surface area (Å²) < 4.78 is 2.00. The zero-order valence-electron chi connectivity index (χ0n) is 12.8. The molecule has 0 amide bonds. The minimum atomic E-state index is 0.805. The van der Waals surface area contributed by atoms with E-state index in [4.69, 9.17) is 5.73 Å². The zero-order chi connectivity index (χ0) is 14.1. The van der Waals surface area contributed by atoms with Gasteiger partial charge in [0.2, 0.25) is 0 Å². The predicted octanol–water partition coefficient (Wildman–Crippen LogP) is 3.96. The summed E-state index contributed by atoms with van der Waals surface area (Å²) in [5.74, 6) is 1.01. The Hall–Kier alpha value is -1.19. The Morgan fingerprint density at radius 1 is 1.05 bits per heavy atom. The Kier molecular flexibility index (Phi) is 7.38. The largest absolute Gasteiger partial charge is 0.394 e. The van der Waals surface area contributed by atoms with Crippen LogP contribution in [-0.4, -0.2) is 16.3 Å². The first kappa shape index (κ1) is 15.9. The van der Waals surface area contributed by atoms with Crippen LogP contribution in [0.3, 0.4) is 0 Å². The number of nitrogens with two attached hydrogens (primary N) is 1. The molecule has 0 aliphatic rings. The number of aromatic nitrogens is 2. The van der Waals surface area contributed by atoms with E-state index in [1.54, 1.807) is 0 Å². The molecular weight excluding hydrogens is 236 g/mol. The van der Waals surface area contributed by atoms with Crippen LogP contribution in [0.1, 0.15) is 64.5 Å². The molecule has 0 unspecified atom stereocenters. The summed E-state index contributed by atoms with van der Waals surface area (Å²) in [7, 11) is 0. The third-order valence-corrected chi connectivity index (χ3v) is 3.43. The van der Waals surface area contributed by atoms with Crippen molar-refractivity contribution >= 4 is 11.5 Å². The average Bonchev–Trinajstić information content (AvgIpc) is 2.65. The van der Waals surface area contributed by atoms with Crippen LogP contribution < -0.4 is 11.1 Å². The number of rotatable bonds is 10. The maximum Gasteiger partial charge on any atom is 0.148 e. The van der Waals surface area contributed by atoms with E-state index < -0.39 is 0 Å². The summed E-state index contributed by atoms with van der Waals surface area (Å²) in [4.78, 5) is 0. The molecule has 1 aromatic heterocycles. The van der Waals surface area contributed by atoms with E-state index in [9.17, 15) is 0 Å². The predicted molar refractivity (Wildman–Crippen MR) is 83.5 cm³/mol. The van der Waals surface area contributed by atoms with Gasteiger partial charge in [0, 0.05) is 13.1 Å². The van der Waals surface area contributed by atoms with Crippen molar-refractivity contribution in [3.63, 3.8) is 0 Å². The highest BCUT2D eigenvalue weighted by molar-refractivity contribution is 5.64. The van der Waals surface area contributed by atoms with E-state index in [1.807, 2.05) is 11.6 Å². The quantitative estimate of drug-likeness (QED) is 0.630. The lowest BCUT2D eigenvalue weighted by molar-refractivity contribution is 0.595. The number of nitrogens with one attached hydrogen (secondary N) is 1. The lowest BCUT2D eigenvalue weighted by atomic mass is 10.1. The third-order valence-electron chi connectivity index (χ3n) is 3.43. The number of nitrogens with zero attached hydrogens (tertiary/aromatic N) is 2. The second-order valence-corrected chi connectivity index (χ2v) is 5.27. The van der Waals surface area contributed by atoms with Gasteiger partial charge in [-0.1, -0.05) is 46.0 Å². The molecule has 0 aliphatic heterocycles. The summed E-state index contributed by atoms with van der Waals surface area (Å²) in [6.07, 6.45) is 8.97. The molecule has 1 heterocycles. The number of hydrogen-bond donors (Lipinski definition) is 2. The van der Waals surface area contributed by atoms with Crippen LogP contribution in [-0.2, 0) is 6.54 Å². The van der Waals surface area contributed by atoms with Gasteiger partial charge in [0.05, 0.1) is 11.4 Å². The first-order chi connectivity index (χ1) is 9.20. The van der Waals surface area contributed by atoms with Gasteiger partial charge < -0.3 is 11.1 Å². The molecule has 1 aromatic rings.